The van der Waals surface area contributed by atoms with Crippen molar-refractivity contribution in [3.05, 3.63) is 103 Å². The number of esters is 1. The zero-order valence-electron chi connectivity index (χ0n) is 18.8. The minimum Gasteiger partial charge on any atom is -0.467 e. The number of hydrogen-bond donors (Lipinski definition) is 1. The molecule has 35 heavy (non-hydrogen) atoms. The normalized spacial score (nSPS) is 11.6. The van der Waals surface area contributed by atoms with Gasteiger partial charge < -0.3 is 10.1 Å². The van der Waals surface area contributed by atoms with Gasteiger partial charge in [-0.05, 0) is 47.9 Å². The van der Waals surface area contributed by atoms with Crippen molar-refractivity contribution in [3.63, 3.8) is 0 Å². The number of carbonyl (C=O) groups is 3. The van der Waals surface area contributed by atoms with Gasteiger partial charge in [0.2, 0.25) is 0 Å². The molecule has 0 spiro atoms. The summed E-state index contributed by atoms with van der Waals surface area (Å²) in [5.74, 6) is -1.42. The lowest BCUT2D eigenvalue weighted by Crippen LogP contribution is -2.43. The molecule has 1 amide bonds. The van der Waals surface area contributed by atoms with Crippen LogP contribution in [0, 0.1) is 6.92 Å². The number of amides is 1. The number of halogens is 4. The molecular formula is C26H21Cl4NO4. The highest BCUT2D eigenvalue weighted by molar-refractivity contribution is 6.40. The highest BCUT2D eigenvalue weighted by atomic mass is 35.5. The quantitative estimate of drug-likeness (QED) is 0.254. The van der Waals surface area contributed by atoms with Crippen LogP contribution in [0.25, 0.3) is 0 Å². The molecule has 0 fully saturated rings. The lowest BCUT2D eigenvalue weighted by atomic mass is 9.99. The Morgan fingerprint density at radius 1 is 0.829 bits per heavy atom. The molecule has 5 nitrogen and oxygen atoms in total. The van der Waals surface area contributed by atoms with Gasteiger partial charge in [-0.25, -0.2) is 4.79 Å². The van der Waals surface area contributed by atoms with Crippen LogP contribution in [0.2, 0.25) is 20.1 Å². The van der Waals surface area contributed by atoms with Crippen molar-refractivity contribution in [2.24, 2.45) is 0 Å². The lowest BCUT2D eigenvalue weighted by molar-refractivity contribution is -0.142. The van der Waals surface area contributed by atoms with Crippen molar-refractivity contribution in [2.75, 3.05) is 7.11 Å². The van der Waals surface area contributed by atoms with Gasteiger partial charge in [0.15, 0.2) is 5.78 Å². The molecule has 3 aromatic rings. The first kappa shape index (κ1) is 27.0. The van der Waals surface area contributed by atoms with Crippen molar-refractivity contribution in [1.82, 2.24) is 5.32 Å². The van der Waals surface area contributed by atoms with E-state index < -0.39 is 17.9 Å². The number of ketones is 1. The summed E-state index contributed by atoms with van der Waals surface area (Å²) < 4.78 is 4.86. The molecule has 0 aliphatic heterocycles. The average Bonchev–Trinajstić information content (AvgIpc) is 2.78. The van der Waals surface area contributed by atoms with E-state index in [9.17, 15) is 14.4 Å². The average molecular weight is 553 g/mol. The fraction of sp³-hybridized carbons (Fsp3) is 0.192. The van der Waals surface area contributed by atoms with E-state index in [2.05, 4.69) is 5.32 Å². The number of Topliss-reactive ketones (excluding diaryl/α,β-unsaturated/α-hetero) is 1. The molecule has 1 N–H and O–H groups in total. The molecule has 0 aliphatic carbocycles. The summed E-state index contributed by atoms with van der Waals surface area (Å²) in [4.78, 5) is 37.9. The van der Waals surface area contributed by atoms with Crippen LogP contribution >= 0.6 is 46.4 Å². The second kappa shape index (κ2) is 11.9. The predicted octanol–water partition coefficient (Wildman–Crippen LogP) is 6.55. The Hall–Kier alpha value is -2.57. The standard InChI is InChI=1S/C26H21Cl4NO4/c1-14-10-19(29)24(20(30)11-14)25(33)31-21(26(34)35-2)12-15-6-8-16(9-7-15)13-22(32)23-17(27)4-3-5-18(23)28/h3-11,21H,12-13H2,1-2H3,(H,31,33). The Labute approximate surface area is 223 Å². The fourth-order valence-corrected chi connectivity index (χ4v) is 4.93. The molecular weight excluding hydrogens is 532 g/mol. The first-order valence-corrected chi connectivity index (χ1v) is 12.0. The van der Waals surface area contributed by atoms with Crippen molar-refractivity contribution < 1.29 is 19.1 Å². The van der Waals surface area contributed by atoms with Crippen LogP contribution < -0.4 is 5.32 Å². The van der Waals surface area contributed by atoms with Gasteiger partial charge in [0.25, 0.3) is 5.91 Å². The zero-order chi connectivity index (χ0) is 25.7. The number of methoxy groups -OCH3 is 1. The summed E-state index contributed by atoms with van der Waals surface area (Å²) >= 11 is 24.7. The number of benzene rings is 3. The van der Waals surface area contributed by atoms with E-state index in [4.69, 9.17) is 51.1 Å². The topological polar surface area (TPSA) is 72.5 Å². The third kappa shape index (κ3) is 6.77. The van der Waals surface area contributed by atoms with Gasteiger partial charge in [-0.2, -0.15) is 0 Å². The van der Waals surface area contributed by atoms with E-state index in [1.807, 2.05) is 0 Å². The largest absolute Gasteiger partial charge is 0.467 e. The van der Waals surface area contributed by atoms with E-state index in [1.165, 1.54) is 7.11 Å². The molecule has 0 bridgehead atoms. The van der Waals surface area contributed by atoms with Crippen LogP contribution in [0.5, 0.6) is 0 Å². The van der Waals surface area contributed by atoms with Crippen molar-refractivity contribution >= 4 is 64.1 Å². The van der Waals surface area contributed by atoms with Gasteiger partial charge in [0.1, 0.15) is 6.04 Å². The van der Waals surface area contributed by atoms with Gasteiger partial charge in [-0.15, -0.1) is 0 Å². The third-order valence-electron chi connectivity index (χ3n) is 5.27. The number of rotatable bonds is 8. The fourth-order valence-electron chi connectivity index (χ4n) is 3.55. The molecule has 3 rings (SSSR count). The van der Waals surface area contributed by atoms with E-state index in [-0.39, 0.29) is 39.8 Å². The minimum absolute atomic E-state index is 0.0833. The van der Waals surface area contributed by atoms with Crippen LogP contribution in [0.3, 0.4) is 0 Å². The van der Waals surface area contributed by atoms with Crippen molar-refractivity contribution in [3.8, 4) is 0 Å². The third-order valence-corrected chi connectivity index (χ3v) is 6.50. The summed E-state index contributed by atoms with van der Waals surface area (Å²) in [6.45, 7) is 1.80. The summed E-state index contributed by atoms with van der Waals surface area (Å²) in [6.07, 6.45) is 0.259. The SMILES string of the molecule is COC(=O)C(Cc1ccc(CC(=O)c2c(Cl)cccc2Cl)cc1)NC(=O)c1c(Cl)cc(C)cc1Cl. The molecule has 9 heteroatoms. The summed E-state index contributed by atoms with van der Waals surface area (Å²) in [5.41, 5.74) is 2.65. The van der Waals surface area contributed by atoms with Crippen LogP contribution in [0.15, 0.2) is 54.6 Å². The Kier molecular flexibility index (Phi) is 9.20. The molecule has 0 aromatic heterocycles. The maximum absolute atomic E-state index is 12.8. The van der Waals surface area contributed by atoms with E-state index in [1.54, 1.807) is 61.5 Å². The molecule has 0 saturated heterocycles. The molecule has 0 heterocycles. The number of carbonyl (C=O) groups excluding carboxylic acids is 3. The second-order valence-corrected chi connectivity index (χ2v) is 9.50. The summed E-state index contributed by atoms with van der Waals surface area (Å²) in [5, 5.41) is 3.61. The number of hydrogen-bond acceptors (Lipinski definition) is 4. The maximum atomic E-state index is 12.8. The van der Waals surface area contributed by atoms with Crippen LogP contribution in [-0.2, 0) is 22.4 Å². The van der Waals surface area contributed by atoms with Crippen molar-refractivity contribution in [2.45, 2.75) is 25.8 Å². The summed E-state index contributed by atoms with van der Waals surface area (Å²) in [6, 6.07) is 14.2. The Bertz CT molecular complexity index is 1230. The number of aryl methyl sites for hydroxylation is 1. The molecule has 182 valence electrons. The summed E-state index contributed by atoms with van der Waals surface area (Å²) in [7, 11) is 1.24. The number of ether oxygens (including phenoxy) is 1. The van der Waals surface area contributed by atoms with Crippen LogP contribution in [-0.4, -0.2) is 30.8 Å². The minimum atomic E-state index is -0.977. The van der Waals surface area contributed by atoms with Gasteiger partial charge in [-0.1, -0.05) is 76.7 Å². The molecule has 1 unspecified atom stereocenters. The second-order valence-electron chi connectivity index (χ2n) is 7.87. The van der Waals surface area contributed by atoms with Gasteiger partial charge >= 0.3 is 5.97 Å². The first-order valence-electron chi connectivity index (χ1n) is 10.5. The van der Waals surface area contributed by atoms with Gasteiger partial charge in [-0.3, -0.25) is 9.59 Å². The smallest absolute Gasteiger partial charge is 0.328 e. The molecule has 1 atom stereocenters. The maximum Gasteiger partial charge on any atom is 0.328 e. The van der Waals surface area contributed by atoms with E-state index in [0.29, 0.717) is 10.0 Å². The zero-order valence-corrected chi connectivity index (χ0v) is 21.9. The molecule has 0 aliphatic rings. The Morgan fingerprint density at radius 3 is 1.91 bits per heavy atom. The van der Waals surface area contributed by atoms with Gasteiger partial charge in [0.05, 0.1) is 38.3 Å². The van der Waals surface area contributed by atoms with Gasteiger partial charge in [0, 0.05) is 12.8 Å². The molecule has 0 radical (unpaired) electrons. The highest BCUT2D eigenvalue weighted by Gasteiger charge is 2.25. The lowest BCUT2D eigenvalue weighted by Gasteiger charge is -2.18. The van der Waals surface area contributed by atoms with Crippen LogP contribution in [0.4, 0.5) is 0 Å². The molecule has 0 saturated carbocycles. The monoisotopic (exact) mass is 551 g/mol. The number of nitrogens with one attached hydrogen (secondary N) is 1. The molecule has 3 aromatic carbocycles. The Morgan fingerprint density at radius 2 is 1.37 bits per heavy atom. The first-order chi connectivity index (χ1) is 16.6. The van der Waals surface area contributed by atoms with Crippen LogP contribution in [0.1, 0.15) is 37.4 Å². The predicted molar refractivity (Wildman–Crippen MR) is 139 cm³/mol. The van der Waals surface area contributed by atoms with E-state index >= 15 is 0 Å². The highest BCUT2D eigenvalue weighted by Crippen LogP contribution is 2.27. The van der Waals surface area contributed by atoms with E-state index in [0.717, 1.165) is 16.7 Å². The van der Waals surface area contributed by atoms with Crippen molar-refractivity contribution in [1.29, 1.82) is 0 Å². The Balaban J connectivity index is 1.73.